The van der Waals surface area contributed by atoms with Crippen LogP contribution in [0.25, 0.3) is 0 Å². The van der Waals surface area contributed by atoms with Gasteiger partial charge in [0.1, 0.15) is 11.6 Å². The van der Waals surface area contributed by atoms with Gasteiger partial charge in [-0.25, -0.2) is 21.9 Å². The van der Waals surface area contributed by atoms with Crippen molar-refractivity contribution in [2.75, 3.05) is 24.8 Å². The van der Waals surface area contributed by atoms with E-state index in [-0.39, 0.29) is 42.9 Å². The highest BCUT2D eigenvalue weighted by Crippen LogP contribution is 2.43. The number of allylic oxidation sites excluding steroid dienone is 1. The molecule has 1 amide bonds. The van der Waals surface area contributed by atoms with Gasteiger partial charge in [-0.2, -0.15) is 8.78 Å². The molecule has 0 saturated carbocycles. The highest BCUT2D eigenvalue weighted by Gasteiger charge is 2.48. The molecule has 2 heterocycles. The van der Waals surface area contributed by atoms with Crippen LogP contribution >= 0.6 is 0 Å². The number of nitrogens with one attached hydrogen (secondary N) is 2. The maximum absolute atomic E-state index is 15.7. The SMILES string of the molecule is C=C(N1[C@@H]2COC[C@H]1CC(NS(C)(=O)=O)C2)C(F)(F)c1cc(C(=O)Nc2ccc(F)c(C)c2)ccc1F. The van der Waals surface area contributed by atoms with Gasteiger partial charge in [0, 0.05) is 17.3 Å². The molecule has 0 spiro atoms. The molecule has 1 unspecified atom stereocenters. The molecule has 2 fully saturated rings. The highest BCUT2D eigenvalue weighted by atomic mass is 32.2. The van der Waals surface area contributed by atoms with E-state index in [1.54, 1.807) is 0 Å². The number of morpholine rings is 1. The molecule has 0 aromatic heterocycles. The first-order valence-corrected chi connectivity index (χ1v) is 13.4. The van der Waals surface area contributed by atoms with Crippen molar-refractivity contribution >= 4 is 21.6 Å². The van der Waals surface area contributed by atoms with Gasteiger partial charge < -0.3 is 15.0 Å². The van der Waals surface area contributed by atoms with Crippen LogP contribution in [0.4, 0.5) is 23.2 Å². The molecule has 200 valence electrons. The van der Waals surface area contributed by atoms with Crippen LogP contribution in [0.5, 0.6) is 0 Å². The average molecular weight is 542 g/mol. The third-order valence-corrected chi connectivity index (χ3v) is 7.32. The number of fused-ring (bicyclic) bond motifs is 2. The number of rotatable bonds is 7. The molecule has 0 radical (unpaired) electrons. The Morgan fingerprint density at radius 1 is 1.08 bits per heavy atom. The molecular weight excluding hydrogens is 514 g/mol. The van der Waals surface area contributed by atoms with Gasteiger partial charge in [-0.15, -0.1) is 0 Å². The van der Waals surface area contributed by atoms with Gasteiger partial charge in [-0.3, -0.25) is 4.79 Å². The number of carbonyl (C=O) groups excluding carboxylic acids is 1. The van der Waals surface area contributed by atoms with Crippen LogP contribution in [0, 0.1) is 18.6 Å². The summed E-state index contributed by atoms with van der Waals surface area (Å²) in [4.78, 5) is 14.1. The van der Waals surface area contributed by atoms with Crippen molar-refractivity contribution in [3.63, 3.8) is 0 Å². The average Bonchev–Trinajstić information content (AvgIpc) is 2.79. The summed E-state index contributed by atoms with van der Waals surface area (Å²) in [6, 6.07) is 4.86. The molecule has 2 aliphatic heterocycles. The van der Waals surface area contributed by atoms with Gasteiger partial charge in [0.15, 0.2) is 0 Å². The van der Waals surface area contributed by atoms with Gasteiger partial charge in [0.25, 0.3) is 5.91 Å². The van der Waals surface area contributed by atoms with Crippen molar-refractivity contribution in [1.82, 2.24) is 9.62 Å². The van der Waals surface area contributed by atoms with E-state index < -0.39 is 62.9 Å². The van der Waals surface area contributed by atoms with Crippen molar-refractivity contribution in [1.29, 1.82) is 0 Å². The lowest BCUT2D eigenvalue weighted by molar-refractivity contribution is -0.0946. The summed E-state index contributed by atoms with van der Waals surface area (Å²) in [6.07, 6.45) is 1.45. The fourth-order valence-corrected chi connectivity index (χ4v) is 5.70. The molecule has 7 nitrogen and oxygen atoms in total. The lowest BCUT2D eigenvalue weighted by Gasteiger charge is -2.51. The van der Waals surface area contributed by atoms with E-state index in [1.165, 1.54) is 24.0 Å². The summed E-state index contributed by atoms with van der Waals surface area (Å²) in [5.41, 5.74) is -1.36. The van der Waals surface area contributed by atoms with E-state index >= 15 is 8.78 Å². The zero-order valence-corrected chi connectivity index (χ0v) is 21.0. The van der Waals surface area contributed by atoms with Crippen LogP contribution in [0.2, 0.25) is 0 Å². The van der Waals surface area contributed by atoms with E-state index in [1.807, 2.05) is 0 Å². The third-order valence-electron chi connectivity index (χ3n) is 6.56. The summed E-state index contributed by atoms with van der Waals surface area (Å²) >= 11 is 0. The first kappa shape index (κ1) is 27.1. The first-order valence-electron chi connectivity index (χ1n) is 11.5. The fourth-order valence-electron chi connectivity index (χ4n) is 4.91. The minimum Gasteiger partial charge on any atom is -0.377 e. The van der Waals surface area contributed by atoms with Crippen LogP contribution in [-0.4, -0.2) is 56.8 Å². The number of amides is 1. The predicted molar refractivity (Wildman–Crippen MR) is 130 cm³/mol. The van der Waals surface area contributed by atoms with E-state index in [2.05, 4.69) is 16.6 Å². The Labute approximate surface area is 212 Å². The number of alkyl halides is 2. The first-order chi connectivity index (χ1) is 17.3. The topological polar surface area (TPSA) is 87.7 Å². The maximum atomic E-state index is 15.7. The van der Waals surface area contributed by atoms with Crippen LogP contribution in [0.15, 0.2) is 48.7 Å². The summed E-state index contributed by atoms with van der Waals surface area (Å²) in [5, 5.41) is 2.49. The Morgan fingerprint density at radius 3 is 2.30 bits per heavy atom. The van der Waals surface area contributed by atoms with Gasteiger partial charge >= 0.3 is 5.92 Å². The second-order valence-electron chi connectivity index (χ2n) is 9.44. The Balaban J connectivity index is 1.57. The Bertz CT molecular complexity index is 1320. The second-order valence-corrected chi connectivity index (χ2v) is 11.2. The van der Waals surface area contributed by atoms with Crippen molar-refractivity contribution in [3.8, 4) is 0 Å². The summed E-state index contributed by atoms with van der Waals surface area (Å²) in [5.74, 6) is -6.33. The number of piperidine rings is 1. The van der Waals surface area contributed by atoms with Crippen molar-refractivity contribution in [3.05, 3.63) is 77.0 Å². The van der Waals surface area contributed by atoms with Crippen molar-refractivity contribution in [2.24, 2.45) is 0 Å². The molecule has 2 bridgehead atoms. The normalized spacial score (nSPS) is 22.0. The molecule has 3 atom stereocenters. The lowest BCUT2D eigenvalue weighted by Crippen LogP contribution is -2.61. The Hall–Kier alpha value is -2.96. The van der Waals surface area contributed by atoms with Gasteiger partial charge in [-0.1, -0.05) is 6.58 Å². The molecular formula is C25H27F4N3O4S. The van der Waals surface area contributed by atoms with Crippen molar-refractivity contribution < 1.29 is 35.5 Å². The summed E-state index contributed by atoms with van der Waals surface area (Å²) in [6.45, 7) is 5.25. The standard InChI is InChI=1S/C25H27F4N3O4S/c1-14-8-17(5-7-22(14)26)30-24(33)16-4-6-23(27)21(9-16)25(28,29)15(2)32-19-10-18(31-37(3,34)35)11-20(32)13-36-12-19/h4-9,18-20,31H,2,10-13H2,1,3H3,(H,30,33)/t18?,19-,20+. The second kappa shape index (κ2) is 10.1. The third kappa shape index (κ3) is 5.81. The molecule has 2 N–H and O–H groups in total. The number of halogens is 4. The van der Waals surface area contributed by atoms with E-state index in [4.69, 9.17) is 4.74 Å². The summed E-state index contributed by atoms with van der Waals surface area (Å²) in [7, 11) is -3.50. The molecule has 12 heteroatoms. The van der Waals surface area contributed by atoms with Gasteiger partial charge in [-0.05, 0) is 61.7 Å². The number of hydrogen-bond acceptors (Lipinski definition) is 5. The lowest BCUT2D eigenvalue weighted by atomic mass is 9.88. The van der Waals surface area contributed by atoms with Gasteiger partial charge in [0.05, 0.1) is 42.8 Å². The molecule has 2 aromatic rings. The van der Waals surface area contributed by atoms with E-state index in [0.717, 1.165) is 30.5 Å². The number of anilines is 1. The number of benzene rings is 2. The molecule has 4 rings (SSSR count). The zero-order valence-electron chi connectivity index (χ0n) is 20.2. The predicted octanol–water partition coefficient (Wildman–Crippen LogP) is 3.91. The highest BCUT2D eigenvalue weighted by molar-refractivity contribution is 7.88. The van der Waals surface area contributed by atoms with Crippen molar-refractivity contribution in [2.45, 2.75) is 43.8 Å². The zero-order chi connectivity index (χ0) is 27.1. The Kier molecular flexibility index (Phi) is 7.37. The number of ether oxygens (including phenoxy) is 1. The molecule has 2 aliphatic rings. The molecule has 37 heavy (non-hydrogen) atoms. The molecule has 2 aromatic carbocycles. The number of nitrogens with zero attached hydrogens (tertiary/aromatic N) is 1. The largest absolute Gasteiger partial charge is 0.377 e. The number of carbonyl (C=O) groups is 1. The quantitative estimate of drug-likeness (QED) is 0.519. The maximum Gasteiger partial charge on any atom is 0.314 e. The smallest absolute Gasteiger partial charge is 0.314 e. The molecule has 0 aliphatic carbocycles. The van der Waals surface area contributed by atoms with Crippen LogP contribution < -0.4 is 10.0 Å². The monoisotopic (exact) mass is 541 g/mol. The minimum atomic E-state index is -3.88. The summed E-state index contributed by atoms with van der Waals surface area (Å²) < 4.78 is 91.0. The van der Waals surface area contributed by atoms with Crippen LogP contribution in [-0.2, 0) is 20.7 Å². The number of hydrogen-bond donors (Lipinski definition) is 2. The van der Waals surface area contributed by atoms with E-state index in [9.17, 15) is 22.0 Å². The number of sulfonamides is 1. The number of aryl methyl sites for hydroxylation is 1. The van der Waals surface area contributed by atoms with Gasteiger partial charge in [0.2, 0.25) is 10.0 Å². The van der Waals surface area contributed by atoms with Crippen LogP contribution in [0.3, 0.4) is 0 Å². The molecule has 2 saturated heterocycles. The minimum absolute atomic E-state index is 0.0789. The fraction of sp³-hybridized carbons (Fsp3) is 0.400. The van der Waals surface area contributed by atoms with Crippen LogP contribution in [0.1, 0.15) is 34.3 Å². The Morgan fingerprint density at radius 2 is 1.70 bits per heavy atom. The van der Waals surface area contributed by atoms with E-state index in [0.29, 0.717) is 0 Å².